The Hall–Kier alpha value is -2.26. The highest BCUT2D eigenvalue weighted by atomic mass is 32.1. The Balaban J connectivity index is 2.25. The van der Waals surface area contributed by atoms with Crippen molar-refractivity contribution >= 4 is 28.7 Å². The lowest BCUT2D eigenvalue weighted by atomic mass is 10.2. The summed E-state index contributed by atoms with van der Waals surface area (Å²) in [5, 5.41) is 17.9. The second-order valence-electron chi connectivity index (χ2n) is 3.75. The first kappa shape index (κ1) is 13.2. The lowest BCUT2D eigenvalue weighted by Gasteiger charge is -2.07. The maximum Gasteiger partial charge on any atom is 0.354 e. The third-order valence-corrected chi connectivity index (χ3v) is 3.46. The van der Waals surface area contributed by atoms with Crippen molar-refractivity contribution in [3.63, 3.8) is 0 Å². The molecule has 8 nitrogen and oxygen atoms in total. The van der Waals surface area contributed by atoms with Gasteiger partial charge < -0.3 is 10.7 Å². The summed E-state index contributed by atoms with van der Waals surface area (Å²) >= 11 is 1.58. The van der Waals surface area contributed by atoms with Crippen LogP contribution in [0.5, 0.6) is 0 Å². The fourth-order valence-electron chi connectivity index (χ4n) is 1.53. The van der Waals surface area contributed by atoms with Crippen LogP contribution in [0.4, 0.5) is 17.3 Å². The van der Waals surface area contributed by atoms with Crippen molar-refractivity contribution in [1.29, 1.82) is 0 Å². The molecular weight excluding hydrogens is 268 g/mol. The maximum absolute atomic E-state index is 11.0. The molecule has 19 heavy (non-hydrogen) atoms. The summed E-state index contributed by atoms with van der Waals surface area (Å²) in [7, 11) is 0. The highest BCUT2D eigenvalue weighted by Crippen LogP contribution is 2.28. The second-order valence-corrected chi connectivity index (χ2v) is 4.50. The third kappa shape index (κ3) is 2.77. The minimum atomic E-state index is -0.571. The van der Waals surface area contributed by atoms with Crippen LogP contribution in [0, 0.1) is 17.0 Å². The van der Waals surface area contributed by atoms with Crippen LogP contribution in [-0.4, -0.2) is 14.9 Å². The number of nitrogens with two attached hydrogens (primary N) is 1. The van der Waals surface area contributed by atoms with Crippen LogP contribution >= 0.6 is 11.3 Å². The van der Waals surface area contributed by atoms with E-state index in [0.717, 1.165) is 11.1 Å². The third-order valence-electron chi connectivity index (χ3n) is 2.55. The molecule has 0 atom stereocenters. The molecule has 0 radical (unpaired) electrons. The van der Waals surface area contributed by atoms with Gasteiger partial charge in [0.25, 0.3) is 0 Å². The van der Waals surface area contributed by atoms with Gasteiger partial charge in [-0.15, -0.1) is 0 Å². The van der Waals surface area contributed by atoms with E-state index in [1.54, 1.807) is 11.3 Å². The molecule has 0 bridgehead atoms. The van der Waals surface area contributed by atoms with Crippen LogP contribution in [0.3, 0.4) is 0 Å². The molecule has 100 valence electrons. The molecule has 2 heterocycles. The summed E-state index contributed by atoms with van der Waals surface area (Å²) < 4.78 is 0. The summed E-state index contributed by atoms with van der Waals surface area (Å²) in [6, 6.07) is 0. The molecule has 2 rings (SSSR count). The highest BCUT2D eigenvalue weighted by molar-refractivity contribution is 7.08. The van der Waals surface area contributed by atoms with E-state index in [9.17, 15) is 10.1 Å². The highest BCUT2D eigenvalue weighted by Gasteiger charge is 2.22. The summed E-state index contributed by atoms with van der Waals surface area (Å²) in [5.41, 5.74) is 4.13. The van der Waals surface area contributed by atoms with Crippen LogP contribution < -0.4 is 16.6 Å². The molecule has 2 aromatic rings. The Kier molecular flexibility index (Phi) is 3.88. The van der Waals surface area contributed by atoms with Crippen LogP contribution in [0.15, 0.2) is 17.1 Å². The Labute approximate surface area is 112 Å². The standard InChI is InChI=1S/C10H12N6O2S/c1-6-3-19-4-7(6)2-12-9-8(16(17)18)10(15-11)14-5-13-9/h3-5H,2,11H2,1H3,(H2,12,13,14,15). The topological polar surface area (TPSA) is 119 Å². The van der Waals surface area contributed by atoms with Gasteiger partial charge in [-0.1, -0.05) is 0 Å². The van der Waals surface area contributed by atoms with Crippen molar-refractivity contribution in [3.8, 4) is 0 Å². The number of nitrogens with one attached hydrogen (secondary N) is 2. The Morgan fingerprint density at radius 2 is 2.16 bits per heavy atom. The number of nitrogens with zero attached hydrogens (tertiary/aromatic N) is 3. The Bertz CT molecular complexity index is 599. The van der Waals surface area contributed by atoms with Gasteiger partial charge in [0.2, 0.25) is 11.6 Å². The molecule has 0 amide bonds. The minimum absolute atomic E-state index is 0.0236. The van der Waals surface area contributed by atoms with Gasteiger partial charge in [-0.25, -0.2) is 15.8 Å². The number of hydrazine groups is 1. The molecular formula is C10H12N6O2S. The van der Waals surface area contributed by atoms with Crippen LogP contribution in [-0.2, 0) is 6.54 Å². The van der Waals surface area contributed by atoms with Gasteiger partial charge in [0.15, 0.2) is 0 Å². The normalized spacial score (nSPS) is 10.2. The molecule has 0 unspecified atom stereocenters. The minimum Gasteiger partial charge on any atom is -0.360 e. The summed E-state index contributed by atoms with van der Waals surface area (Å²) in [5.74, 6) is 5.32. The average Bonchev–Trinajstić information content (AvgIpc) is 2.81. The van der Waals surface area contributed by atoms with Crippen LogP contribution in [0.25, 0.3) is 0 Å². The summed E-state index contributed by atoms with van der Waals surface area (Å²) in [6.45, 7) is 2.44. The smallest absolute Gasteiger partial charge is 0.354 e. The molecule has 0 spiro atoms. The van der Waals surface area contributed by atoms with Crippen molar-refractivity contribution < 1.29 is 4.92 Å². The largest absolute Gasteiger partial charge is 0.360 e. The number of nitro groups is 1. The maximum atomic E-state index is 11.0. The van der Waals surface area contributed by atoms with Crippen LogP contribution in [0.1, 0.15) is 11.1 Å². The molecule has 0 fully saturated rings. The van der Waals surface area contributed by atoms with E-state index in [0.29, 0.717) is 6.54 Å². The first-order valence-corrected chi connectivity index (χ1v) is 6.29. The van der Waals surface area contributed by atoms with E-state index >= 15 is 0 Å². The molecule has 9 heteroatoms. The van der Waals surface area contributed by atoms with Crippen molar-refractivity contribution in [2.75, 3.05) is 10.7 Å². The zero-order valence-corrected chi connectivity index (χ0v) is 10.9. The number of anilines is 2. The van der Waals surface area contributed by atoms with Gasteiger partial charge in [0, 0.05) is 6.54 Å². The van der Waals surface area contributed by atoms with E-state index in [2.05, 4.69) is 20.7 Å². The first-order valence-electron chi connectivity index (χ1n) is 5.35. The predicted octanol–water partition coefficient (Wildman–Crippen LogP) is 1.65. The lowest BCUT2D eigenvalue weighted by molar-refractivity contribution is -0.383. The zero-order chi connectivity index (χ0) is 13.8. The fourth-order valence-corrected chi connectivity index (χ4v) is 2.39. The Morgan fingerprint density at radius 1 is 1.42 bits per heavy atom. The van der Waals surface area contributed by atoms with Gasteiger partial charge >= 0.3 is 5.69 Å². The van der Waals surface area contributed by atoms with Crippen molar-refractivity contribution in [1.82, 2.24) is 9.97 Å². The fraction of sp³-hybridized carbons (Fsp3) is 0.200. The van der Waals surface area contributed by atoms with E-state index in [4.69, 9.17) is 5.84 Å². The molecule has 0 aliphatic carbocycles. The molecule has 4 N–H and O–H groups in total. The lowest BCUT2D eigenvalue weighted by Crippen LogP contribution is -2.13. The molecule has 0 saturated heterocycles. The first-order chi connectivity index (χ1) is 9.13. The van der Waals surface area contributed by atoms with Gasteiger partial charge in [0.05, 0.1) is 4.92 Å². The predicted molar refractivity (Wildman–Crippen MR) is 72.9 cm³/mol. The molecule has 2 aromatic heterocycles. The number of hydrogen-bond acceptors (Lipinski definition) is 8. The SMILES string of the molecule is Cc1cscc1CNc1ncnc(NN)c1[N+](=O)[O-]. The number of hydrogen-bond donors (Lipinski definition) is 3. The second kappa shape index (κ2) is 5.59. The van der Waals surface area contributed by atoms with Crippen molar-refractivity contribution in [2.45, 2.75) is 13.5 Å². The molecule has 0 aromatic carbocycles. The van der Waals surface area contributed by atoms with Gasteiger partial charge in [0.1, 0.15) is 6.33 Å². The van der Waals surface area contributed by atoms with Gasteiger partial charge in [-0.3, -0.25) is 10.1 Å². The zero-order valence-electron chi connectivity index (χ0n) is 10.1. The van der Waals surface area contributed by atoms with E-state index in [1.165, 1.54) is 6.33 Å². The number of thiophene rings is 1. The van der Waals surface area contributed by atoms with Gasteiger partial charge in [-0.2, -0.15) is 11.3 Å². The molecule has 0 aliphatic rings. The summed E-state index contributed by atoms with van der Waals surface area (Å²) in [6.07, 6.45) is 1.21. The van der Waals surface area contributed by atoms with Crippen molar-refractivity contribution in [3.05, 3.63) is 38.3 Å². The van der Waals surface area contributed by atoms with E-state index in [-0.39, 0.29) is 17.3 Å². The quantitative estimate of drug-likeness (QED) is 0.433. The number of aryl methyl sites for hydroxylation is 1. The molecule has 0 saturated carbocycles. The molecule has 0 aliphatic heterocycles. The monoisotopic (exact) mass is 280 g/mol. The van der Waals surface area contributed by atoms with Crippen molar-refractivity contribution in [2.24, 2.45) is 5.84 Å². The number of rotatable bonds is 5. The summed E-state index contributed by atoms with van der Waals surface area (Å²) in [4.78, 5) is 18.0. The average molecular weight is 280 g/mol. The number of aromatic nitrogens is 2. The van der Waals surface area contributed by atoms with E-state index < -0.39 is 4.92 Å². The number of nitrogen functional groups attached to an aromatic ring is 1. The van der Waals surface area contributed by atoms with E-state index in [1.807, 2.05) is 17.7 Å². The van der Waals surface area contributed by atoms with Gasteiger partial charge in [-0.05, 0) is 28.8 Å². The van der Waals surface area contributed by atoms with Crippen LogP contribution in [0.2, 0.25) is 0 Å². The Morgan fingerprint density at radius 3 is 2.74 bits per heavy atom.